The smallest absolute Gasteiger partial charge is 0.321 e. The molecule has 1 aromatic rings. The molecule has 2 amide bonds. The third-order valence-corrected chi connectivity index (χ3v) is 5.83. The summed E-state index contributed by atoms with van der Waals surface area (Å²) in [6.45, 7) is 0.747. The van der Waals surface area contributed by atoms with Crippen LogP contribution in [-0.2, 0) is 29.1 Å². The van der Waals surface area contributed by atoms with E-state index in [-0.39, 0.29) is 10.8 Å². The van der Waals surface area contributed by atoms with Crippen LogP contribution >= 0.6 is 0 Å². The van der Waals surface area contributed by atoms with E-state index in [1.165, 1.54) is 49.6 Å². The fraction of sp³-hybridized carbons (Fsp3) is 0.450. The van der Waals surface area contributed by atoms with E-state index in [0.29, 0.717) is 12.2 Å². The number of hydrogen-bond donors (Lipinski definition) is 3. The molecule has 0 fully saturated rings. The highest BCUT2D eigenvalue weighted by molar-refractivity contribution is 7.89. The summed E-state index contributed by atoms with van der Waals surface area (Å²) < 4.78 is 31.3. The third kappa shape index (κ3) is 8.34. The molecule has 0 saturated carbocycles. The summed E-state index contributed by atoms with van der Waals surface area (Å²) in [5.41, 5.74) is 1.78. The molecule has 0 unspecified atom stereocenters. The Bertz CT molecular complexity index is 894. The lowest BCUT2D eigenvalue weighted by Crippen LogP contribution is -2.34. The first-order valence-electron chi connectivity index (χ1n) is 9.74. The Kier molecular flexibility index (Phi) is 9.00. The van der Waals surface area contributed by atoms with Crippen molar-refractivity contribution in [1.29, 1.82) is 0 Å². The summed E-state index contributed by atoms with van der Waals surface area (Å²) in [6, 6.07) is 5.46. The average molecular weight is 438 g/mol. The SMILES string of the molecule is CC(=O)Nc1ccc(S(=O)(=O)NCC(=O)OCC(=O)NCCC2=CCCCC2)cc1. The quantitative estimate of drug-likeness (QED) is 0.375. The molecule has 2 rings (SSSR count). The van der Waals surface area contributed by atoms with Gasteiger partial charge in [0.05, 0.1) is 4.90 Å². The zero-order valence-electron chi connectivity index (χ0n) is 16.9. The summed E-state index contributed by atoms with van der Waals surface area (Å²) >= 11 is 0. The van der Waals surface area contributed by atoms with Crippen molar-refractivity contribution < 1.29 is 27.5 Å². The fourth-order valence-corrected chi connectivity index (χ4v) is 3.87. The first-order chi connectivity index (χ1) is 14.3. The highest BCUT2D eigenvalue weighted by atomic mass is 32.2. The second-order valence-corrected chi connectivity index (χ2v) is 8.67. The number of benzene rings is 1. The lowest BCUT2D eigenvalue weighted by molar-refractivity contribution is -0.147. The number of amides is 2. The standard InChI is InChI=1S/C20H27N3O6S/c1-15(24)23-17-7-9-18(10-8-17)30(27,28)22-13-20(26)29-14-19(25)21-12-11-16-5-3-2-4-6-16/h5,7-10,22H,2-4,6,11-14H2,1H3,(H,21,25)(H,23,24). The molecule has 9 nitrogen and oxygen atoms in total. The van der Waals surface area contributed by atoms with Gasteiger partial charge in [-0.3, -0.25) is 14.4 Å². The van der Waals surface area contributed by atoms with Gasteiger partial charge in [0.25, 0.3) is 5.91 Å². The van der Waals surface area contributed by atoms with Gasteiger partial charge in [0, 0.05) is 19.2 Å². The number of ether oxygens (including phenoxy) is 1. The number of hydrogen-bond acceptors (Lipinski definition) is 6. The van der Waals surface area contributed by atoms with E-state index in [1.54, 1.807) is 0 Å². The molecule has 10 heteroatoms. The second-order valence-electron chi connectivity index (χ2n) is 6.90. The molecule has 164 valence electrons. The summed E-state index contributed by atoms with van der Waals surface area (Å²) in [6.07, 6.45) is 7.50. The maximum atomic E-state index is 12.2. The summed E-state index contributed by atoms with van der Waals surface area (Å²) in [5, 5.41) is 5.20. The number of sulfonamides is 1. The Balaban J connectivity index is 1.69. The maximum Gasteiger partial charge on any atom is 0.321 e. The first-order valence-corrected chi connectivity index (χ1v) is 11.2. The van der Waals surface area contributed by atoms with Crippen LogP contribution in [0, 0.1) is 0 Å². The molecule has 0 saturated heterocycles. The van der Waals surface area contributed by atoms with Gasteiger partial charge in [-0.2, -0.15) is 4.72 Å². The topological polar surface area (TPSA) is 131 Å². The minimum atomic E-state index is -3.94. The van der Waals surface area contributed by atoms with E-state index < -0.39 is 35.1 Å². The van der Waals surface area contributed by atoms with Gasteiger partial charge in [0.1, 0.15) is 6.54 Å². The van der Waals surface area contributed by atoms with Crippen molar-refractivity contribution in [3.05, 3.63) is 35.9 Å². The van der Waals surface area contributed by atoms with Crippen LogP contribution in [0.25, 0.3) is 0 Å². The van der Waals surface area contributed by atoms with Gasteiger partial charge in [-0.1, -0.05) is 11.6 Å². The predicted molar refractivity (Wildman–Crippen MR) is 111 cm³/mol. The Morgan fingerprint density at radius 1 is 1.10 bits per heavy atom. The molecule has 30 heavy (non-hydrogen) atoms. The molecule has 1 aromatic carbocycles. The minimum absolute atomic E-state index is 0.0702. The molecule has 0 atom stereocenters. The molecule has 0 radical (unpaired) electrons. The number of allylic oxidation sites excluding steroid dienone is 1. The number of nitrogens with one attached hydrogen (secondary N) is 3. The summed E-state index contributed by atoms with van der Waals surface area (Å²) in [4.78, 5) is 34.4. The molecule has 0 spiro atoms. The average Bonchev–Trinajstić information content (AvgIpc) is 2.71. The van der Waals surface area contributed by atoms with Gasteiger partial charge in [-0.25, -0.2) is 8.42 Å². The van der Waals surface area contributed by atoms with Gasteiger partial charge in [0.2, 0.25) is 15.9 Å². The maximum absolute atomic E-state index is 12.2. The van der Waals surface area contributed by atoms with Crippen LogP contribution in [-0.4, -0.2) is 45.9 Å². The summed E-state index contributed by atoms with van der Waals surface area (Å²) in [7, 11) is -3.94. The molecule has 3 N–H and O–H groups in total. The first kappa shape index (κ1) is 23.6. The van der Waals surface area contributed by atoms with Crippen LogP contribution in [0.4, 0.5) is 5.69 Å². The van der Waals surface area contributed by atoms with Gasteiger partial charge in [0.15, 0.2) is 6.61 Å². The molecule has 1 aliphatic rings. The Hall–Kier alpha value is -2.72. The van der Waals surface area contributed by atoms with Crippen molar-refractivity contribution in [3.63, 3.8) is 0 Å². The van der Waals surface area contributed by atoms with E-state index in [4.69, 9.17) is 4.74 Å². The lowest BCUT2D eigenvalue weighted by Gasteiger charge is -2.13. The van der Waals surface area contributed by atoms with Crippen molar-refractivity contribution in [3.8, 4) is 0 Å². The number of esters is 1. The molecule has 0 aromatic heterocycles. The van der Waals surface area contributed by atoms with Crippen LogP contribution in [0.15, 0.2) is 40.8 Å². The largest absolute Gasteiger partial charge is 0.455 e. The van der Waals surface area contributed by atoms with Crippen molar-refractivity contribution >= 4 is 33.5 Å². The molecular formula is C20H27N3O6S. The highest BCUT2D eigenvalue weighted by Gasteiger charge is 2.17. The Morgan fingerprint density at radius 2 is 1.83 bits per heavy atom. The fourth-order valence-electron chi connectivity index (χ4n) is 2.90. The normalized spacial score (nSPS) is 13.8. The molecular weight excluding hydrogens is 410 g/mol. The number of anilines is 1. The monoisotopic (exact) mass is 437 g/mol. The second kappa shape index (κ2) is 11.5. The van der Waals surface area contributed by atoms with Gasteiger partial charge in [-0.15, -0.1) is 0 Å². The molecule has 0 heterocycles. The van der Waals surface area contributed by atoms with Crippen LogP contribution < -0.4 is 15.4 Å². The van der Waals surface area contributed by atoms with Gasteiger partial charge < -0.3 is 15.4 Å². The van der Waals surface area contributed by atoms with Crippen molar-refractivity contribution in [2.75, 3.05) is 25.0 Å². The Labute approximate surface area is 176 Å². The highest BCUT2D eigenvalue weighted by Crippen LogP contribution is 2.19. The van der Waals surface area contributed by atoms with Crippen molar-refractivity contribution in [2.45, 2.75) is 43.9 Å². The summed E-state index contributed by atoms with van der Waals surface area (Å²) in [5.74, 6) is -1.57. The van der Waals surface area contributed by atoms with E-state index >= 15 is 0 Å². The zero-order valence-corrected chi connectivity index (χ0v) is 17.7. The third-order valence-electron chi connectivity index (χ3n) is 4.41. The Morgan fingerprint density at radius 3 is 2.47 bits per heavy atom. The van der Waals surface area contributed by atoms with Gasteiger partial charge >= 0.3 is 5.97 Å². The van der Waals surface area contributed by atoms with Crippen molar-refractivity contribution in [2.24, 2.45) is 0 Å². The van der Waals surface area contributed by atoms with Gasteiger partial charge in [-0.05, 0) is 56.4 Å². The predicted octanol–water partition coefficient (Wildman–Crippen LogP) is 1.47. The van der Waals surface area contributed by atoms with Crippen LogP contribution in [0.2, 0.25) is 0 Å². The lowest BCUT2D eigenvalue weighted by atomic mass is 9.97. The number of carbonyl (C=O) groups excluding carboxylic acids is 3. The van der Waals surface area contributed by atoms with E-state index in [1.807, 2.05) is 0 Å². The van der Waals surface area contributed by atoms with E-state index in [0.717, 1.165) is 19.3 Å². The molecule has 1 aliphatic carbocycles. The van der Waals surface area contributed by atoms with E-state index in [2.05, 4.69) is 21.4 Å². The number of carbonyl (C=O) groups is 3. The van der Waals surface area contributed by atoms with Crippen LogP contribution in [0.3, 0.4) is 0 Å². The van der Waals surface area contributed by atoms with Crippen LogP contribution in [0.1, 0.15) is 39.0 Å². The zero-order chi connectivity index (χ0) is 22.0. The molecule has 0 bridgehead atoms. The van der Waals surface area contributed by atoms with E-state index in [9.17, 15) is 22.8 Å². The molecule has 0 aliphatic heterocycles. The van der Waals surface area contributed by atoms with Crippen LogP contribution in [0.5, 0.6) is 0 Å². The minimum Gasteiger partial charge on any atom is -0.455 e. The van der Waals surface area contributed by atoms with Crippen molar-refractivity contribution in [1.82, 2.24) is 10.0 Å². The number of rotatable bonds is 10.